The van der Waals surface area contributed by atoms with Crippen LogP contribution in [0.4, 0.5) is 0 Å². The van der Waals surface area contributed by atoms with Crippen LogP contribution in [0.15, 0.2) is 188 Å². The maximum Gasteiger partial charge on any atom is 0.288 e. The molecule has 2 aliphatic rings. The molecule has 0 atom stereocenters. The van der Waals surface area contributed by atoms with Crippen molar-refractivity contribution in [3.05, 3.63) is 210 Å². The van der Waals surface area contributed by atoms with Crippen molar-refractivity contribution < 1.29 is 4.43 Å². The van der Waals surface area contributed by atoms with Crippen molar-refractivity contribution >= 4 is 23.9 Å². The Labute approximate surface area is 303 Å². The molecule has 1 nitrogen and oxygen atoms in total. The van der Waals surface area contributed by atoms with Gasteiger partial charge in [0.25, 0.3) is 8.32 Å². The predicted molar refractivity (Wildman–Crippen MR) is 215 cm³/mol. The minimum absolute atomic E-state index is 0.171. The maximum absolute atomic E-state index is 7.76. The zero-order valence-corrected chi connectivity index (χ0v) is 30.1. The van der Waals surface area contributed by atoms with Gasteiger partial charge in [-0.05, 0) is 78.3 Å². The first-order valence-electron chi connectivity index (χ1n) is 18.4. The zero-order valence-electron chi connectivity index (χ0n) is 29.1. The van der Waals surface area contributed by atoms with Crippen LogP contribution in [-0.4, -0.2) is 14.9 Å². The fourth-order valence-corrected chi connectivity index (χ4v) is 13.6. The van der Waals surface area contributed by atoms with Crippen LogP contribution in [0.3, 0.4) is 0 Å². The molecule has 7 aromatic carbocycles. The standard InChI is InChI=1S/C49H42OSi/c1-2-49(47-43-30-16-12-26-39(43)40-27-13-17-31-44(40)47,48-45-32-18-14-28-41(45)42-29-15-19-33-46(42)48)34-35-50-51(36-20-6-3-7-21-36,37-22-8-4-9-23-37)38-24-10-5-11-25-38/h3-33,47-48H,2,34-35H2,1H3. The third-order valence-electron chi connectivity index (χ3n) is 11.9. The average Bonchev–Trinajstić information content (AvgIpc) is 3.73. The van der Waals surface area contributed by atoms with Gasteiger partial charge >= 0.3 is 0 Å². The van der Waals surface area contributed by atoms with Gasteiger partial charge < -0.3 is 4.43 Å². The first kappa shape index (κ1) is 31.7. The van der Waals surface area contributed by atoms with Gasteiger partial charge in [-0.15, -0.1) is 0 Å². The first-order chi connectivity index (χ1) is 25.3. The molecule has 0 unspecified atom stereocenters. The van der Waals surface area contributed by atoms with Gasteiger partial charge in [0.2, 0.25) is 0 Å². The Morgan fingerprint density at radius 1 is 0.412 bits per heavy atom. The van der Waals surface area contributed by atoms with Gasteiger partial charge in [0.05, 0.1) is 0 Å². The van der Waals surface area contributed by atoms with Crippen LogP contribution < -0.4 is 15.6 Å². The van der Waals surface area contributed by atoms with E-state index in [1.54, 1.807) is 0 Å². The quantitative estimate of drug-likeness (QED) is 0.104. The summed E-state index contributed by atoms with van der Waals surface area (Å²) in [7, 11) is -2.90. The van der Waals surface area contributed by atoms with E-state index in [0.29, 0.717) is 6.61 Å². The van der Waals surface area contributed by atoms with E-state index >= 15 is 0 Å². The topological polar surface area (TPSA) is 9.23 Å². The molecule has 0 heterocycles. The highest BCUT2D eigenvalue weighted by Crippen LogP contribution is 2.65. The molecule has 0 fully saturated rings. The second kappa shape index (κ2) is 13.1. The van der Waals surface area contributed by atoms with E-state index in [1.807, 2.05) is 0 Å². The molecule has 0 aliphatic heterocycles. The Hall–Kier alpha value is -5.28. The van der Waals surface area contributed by atoms with Crippen LogP contribution in [0.25, 0.3) is 22.3 Å². The maximum atomic E-state index is 7.76. The molecular weight excluding hydrogens is 633 g/mol. The van der Waals surface area contributed by atoms with Crippen molar-refractivity contribution in [3.8, 4) is 22.3 Å². The van der Waals surface area contributed by atoms with E-state index in [-0.39, 0.29) is 17.3 Å². The summed E-state index contributed by atoms with van der Waals surface area (Å²) in [6.07, 6.45) is 1.92. The van der Waals surface area contributed by atoms with Crippen molar-refractivity contribution in [1.29, 1.82) is 0 Å². The van der Waals surface area contributed by atoms with Crippen molar-refractivity contribution in [1.82, 2.24) is 0 Å². The highest BCUT2D eigenvalue weighted by molar-refractivity contribution is 7.07. The number of hydrogen-bond donors (Lipinski definition) is 0. The largest absolute Gasteiger partial charge is 0.404 e. The van der Waals surface area contributed by atoms with E-state index in [2.05, 4.69) is 195 Å². The molecule has 2 aliphatic carbocycles. The van der Waals surface area contributed by atoms with E-state index in [0.717, 1.165) is 12.8 Å². The SMILES string of the molecule is CCC(CCO[Si](c1ccccc1)(c1ccccc1)c1ccccc1)(C1c2ccccc2-c2ccccc21)C1c2ccccc2-c2ccccc21. The second-order valence-corrected chi connectivity index (χ2v) is 17.6. The summed E-state index contributed by atoms with van der Waals surface area (Å²) in [4.78, 5) is 0. The molecule has 7 aromatic rings. The Bertz CT molecular complexity index is 2010. The van der Waals surface area contributed by atoms with Gasteiger partial charge in [0.15, 0.2) is 0 Å². The molecule has 51 heavy (non-hydrogen) atoms. The number of fused-ring (bicyclic) bond motifs is 6. The van der Waals surface area contributed by atoms with Gasteiger partial charge in [-0.2, -0.15) is 0 Å². The zero-order chi connectivity index (χ0) is 34.3. The third kappa shape index (κ3) is 5.00. The van der Waals surface area contributed by atoms with Crippen LogP contribution >= 0.6 is 0 Å². The van der Waals surface area contributed by atoms with Crippen LogP contribution in [0.2, 0.25) is 0 Å². The molecule has 0 saturated carbocycles. The van der Waals surface area contributed by atoms with Crippen molar-refractivity contribution in [3.63, 3.8) is 0 Å². The summed E-state index contributed by atoms with van der Waals surface area (Å²) >= 11 is 0. The van der Waals surface area contributed by atoms with E-state index in [4.69, 9.17) is 4.43 Å². The third-order valence-corrected chi connectivity index (χ3v) is 16.0. The minimum Gasteiger partial charge on any atom is -0.404 e. The van der Waals surface area contributed by atoms with E-state index < -0.39 is 8.32 Å². The van der Waals surface area contributed by atoms with Gasteiger partial charge in [0, 0.05) is 18.4 Å². The predicted octanol–water partition coefficient (Wildman–Crippen LogP) is 10.1. The summed E-state index contributed by atoms with van der Waals surface area (Å²) in [6, 6.07) is 69.8. The van der Waals surface area contributed by atoms with Crippen LogP contribution in [-0.2, 0) is 4.43 Å². The number of hydrogen-bond acceptors (Lipinski definition) is 1. The molecule has 9 rings (SSSR count). The molecule has 0 N–H and O–H groups in total. The summed E-state index contributed by atoms with van der Waals surface area (Å²) in [5.74, 6) is 0.424. The molecule has 0 amide bonds. The molecular formula is C49H42OSi. The van der Waals surface area contributed by atoms with Crippen molar-refractivity contribution in [2.45, 2.75) is 31.6 Å². The molecule has 2 heteroatoms. The fraction of sp³-hybridized carbons (Fsp3) is 0.143. The molecule has 0 bridgehead atoms. The molecule has 0 spiro atoms. The Morgan fingerprint density at radius 2 is 0.706 bits per heavy atom. The van der Waals surface area contributed by atoms with Crippen LogP contribution in [0.5, 0.6) is 0 Å². The van der Waals surface area contributed by atoms with E-state index in [9.17, 15) is 0 Å². The number of benzene rings is 7. The van der Waals surface area contributed by atoms with Crippen molar-refractivity contribution in [2.75, 3.05) is 6.61 Å². The second-order valence-electron chi connectivity index (χ2n) is 14.2. The monoisotopic (exact) mass is 674 g/mol. The highest BCUT2D eigenvalue weighted by atomic mass is 28.4. The first-order valence-corrected chi connectivity index (χ1v) is 20.3. The lowest BCUT2D eigenvalue weighted by atomic mass is 9.58. The van der Waals surface area contributed by atoms with Crippen LogP contribution in [0.1, 0.15) is 53.9 Å². The Kier molecular flexibility index (Phi) is 8.15. The molecule has 0 radical (unpaired) electrons. The lowest BCUT2D eigenvalue weighted by molar-refractivity contribution is 0.145. The smallest absolute Gasteiger partial charge is 0.288 e. The number of rotatable bonds is 10. The van der Waals surface area contributed by atoms with Crippen LogP contribution in [0, 0.1) is 5.41 Å². The normalized spacial score (nSPS) is 13.7. The van der Waals surface area contributed by atoms with E-state index in [1.165, 1.54) is 60.1 Å². The Balaban J connectivity index is 1.24. The minimum atomic E-state index is -2.90. The average molecular weight is 675 g/mol. The van der Waals surface area contributed by atoms with Gasteiger partial charge in [-0.25, -0.2) is 0 Å². The molecule has 0 saturated heterocycles. The molecule has 248 valence electrons. The summed E-state index contributed by atoms with van der Waals surface area (Å²) in [5, 5.41) is 3.83. The van der Waals surface area contributed by atoms with Gasteiger partial charge in [0.1, 0.15) is 0 Å². The summed E-state index contributed by atoms with van der Waals surface area (Å²) < 4.78 is 7.76. The van der Waals surface area contributed by atoms with Gasteiger partial charge in [-0.1, -0.05) is 195 Å². The van der Waals surface area contributed by atoms with Gasteiger partial charge in [-0.3, -0.25) is 0 Å². The summed E-state index contributed by atoms with van der Waals surface area (Å²) in [5.41, 5.74) is 11.1. The lowest BCUT2D eigenvalue weighted by Gasteiger charge is -2.46. The lowest BCUT2D eigenvalue weighted by Crippen LogP contribution is -2.69. The fourth-order valence-electron chi connectivity index (χ4n) is 9.75. The Morgan fingerprint density at radius 3 is 1.02 bits per heavy atom. The summed E-state index contributed by atoms with van der Waals surface area (Å²) in [6.45, 7) is 3.07. The molecule has 0 aromatic heterocycles. The van der Waals surface area contributed by atoms with Crippen molar-refractivity contribution in [2.24, 2.45) is 5.41 Å². The highest BCUT2D eigenvalue weighted by Gasteiger charge is 2.53.